The lowest BCUT2D eigenvalue weighted by Gasteiger charge is -2.23. The topological polar surface area (TPSA) is 233 Å². The molecule has 4 unspecified atom stereocenters. The van der Waals surface area contributed by atoms with Crippen molar-refractivity contribution in [1.29, 1.82) is 0 Å². The monoisotopic (exact) mass is 547 g/mol. The van der Waals surface area contributed by atoms with E-state index in [1.165, 1.54) is 7.11 Å². The maximum absolute atomic E-state index is 12.2. The number of aromatic amines is 1. The van der Waals surface area contributed by atoms with Crippen molar-refractivity contribution < 1.29 is 52.3 Å². The zero-order valence-corrected chi connectivity index (χ0v) is 20.2. The van der Waals surface area contributed by atoms with Crippen LogP contribution in [0.2, 0.25) is 0 Å². The number of nitrogens with zero attached hydrogens (tertiary/aromatic N) is 1. The van der Waals surface area contributed by atoms with Crippen molar-refractivity contribution >= 4 is 39.2 Å². The summed E-state index contributed by atoms with van der Waals surface area (Å²) in [5.74, 6) is -5.02. The fraction of sp³-hybridized carbons (Fsp3) is 0.600. The van der Waals surface area contributed by atoms with Crippen LogP contribution in [0.15, 0.2) is 21.9 Å². The van der Waals surface area contributed by atoms with Gasteiger partial charge < -0.3 is 29.1 Å². The van der Waals surface area contributed by atoms with Crippen molar-refractivity contribution in [3.63, 3.8) is 0 Å². The molecular formula is C15H23N3O13P2S. The number of carbonyl (C=O) groups is 2. The molecule has 0 radical (unpaired) electrons. The largest absolute Gasteiger partial charge is 0.481 e. The lowest BCUT2D eigenvalue weighted by molar-refractivity contribution is -0.154. The van der Waals surface area contributed by atoms with Crippen molar-refractivity contribution in [3.8, 4) is 0 Å². The van der Waals surface area contributed by atoms with E-state index in [9.17, 15) is 33.2 Å². The lowest BCUT2D eigenvalue weighted by Crippen LogP contribution is -2.39. The molecule has 0 spiro atoms. The summed E-state index contributed by atoms with van der Waals surface area (Å²) < 4.78 is 46.0. The number of thiol groups is 1. The van der Waals surface area contributed by atoms with Crippen LogP contribution in [0.1, 0.15) is 12.6 Å². The van der Waals surface area contributed by atoms with Crippen molar-refractivity contribution in [1.82, 2.24) is 14.6 Å². The fourth-order valence-corrected chi connectivity index (χ4v) is 4.86. The summed E-state index contributed by atoms with van der Waals surface area (Å²) in [4.78, 5) is 57.2. The maximum Gasteiger partial charge on any atom is 0.403 e. The van der Waals surface area contributed by atoms with Gasteiger partial charge in [0.2, 0.25) is 7.23 Å². The first-order chi connectivity index (χ1) is 15.9. The Morgan fingerprint density at radius 2 is 2.00 bits per heavy atom. The molecule has 1 saturated heterocycles. The second-order valence-electron chi connectivity index (χ2n) is 6.87. The first-order valence-corrected chi connectivity index (χ1v) is 13.6. The number of carboxylic acids is 2. The molecule has 1 fully saturated rings. The molecule has 0 saturated carbocycles. The lowest BCUT2D eigenvalue weighted by atomic mass is 10.1. The van der Waals surface area contributed by atoms with Gasteiger partial charge in [-0.15, -0.1) is 0 Å². The van der Waals surface area contributed by atoms with Gasteiger partial charge in [-0.1, -0.05) is 12.2 Å². The van der Waals surface area contributed by atoms with E-state index in [0.717, 1.165) is 16.8 Å². The van der Waals surface area contributed by atoms with E-state index >= 15 is 0 Å². The zero-order chi connectivity index (χ0) is 25.6. The standard InChI is InChI=1S/C15H23N3O13P2S/c1-28-11-10(31-32(25)34)8(30-12(11)18-5-3-9(19)17-15(18)24)6-29-33(26,27)16-4-2-7(13(20)21)14(22)23/h3,5,7-8,10-12,32H,2,4,6H2,1H3,(H,20,21)(H,22,23)(H,25,34)(H2,16,26,27)(H,17,19,24)/t8?,10?,11-,12+/m0/s1. The number of ether oxygens (including phenoxy) is 2. The van der Waals surface area contributed by atoms with Gasteiger partial charge in [0, 0.05) is 25.9 Å². The fourth-order valence-electron chi connectivity index (χ4n) is 3.13. The minimum atomic E-state index is -4.58. The van der Waals surface area contributed by atoms with E-state index in [0.29, 0.717) is 0 Å². The molecule has 16 nitrogen and oxygen atoms in total. The summed E-state index contributed by atoms with van der Waals surface area (Å²) in [5.41, 5.74) is -1.51. The molecular weight excluding hydrogens is 524 g/mol. The molecule has 0 amide bonds. The molecule has 0 bridgehead atoms. The molecule has 1 aromatic heterocycles. The van der Waals surface area contributed by atoms with Crippen LogP contribution < -0.4 is 16.3 Å². The average Bonchev–Trinajstić information content (AvgIpc) is 3.05. The van der Waals surface area contributed by atoms with Gasteiger partial charge in [0.1, 0.15) is 18.3 Å². The molecule has 1 aliphatic heterocycles. The Bertz CT molecular complexity index is 1060. The van der Waals surface area contributed by atoms with Crippen molar-refractivity contribution in [2.75, 3.05) is 20.3 Å². The molecule has 5 N–H and O–H groups in total. The van der Waals surface area contributed by atoms with Gasteiger partial charge in [-0.25, -0.2) is 14.4 Å². The Balaban J connectivity index is 2.12. The van der Waals surface area contributed by atoms with Gasteiger partial charge >= 0.3 is 25.4 Å². The van der Waals surface area contributed by atoms with E-state index < -0.39 is 88.2 Å². The van der Waals surface area contributed by atoms with Crippen LogP contribution in [0.4, 0.5) is 0 Å². The summed E-state index contributed by atoms with van der Waals surface area (Å²) in [6, 6.07) is 1.05. The van der Waals surface area contributed by atoms with Gasteiger partial charge in [0.05, 0.1) is 6.61 Å². The van der Waals surface area contributed by atoms with Gasteiger partial charge in [0.15, 0.2) is 12.1 Å². The number of nitrogens with one attached hydrogen (secondary N) is 2. The number of aromatic nitrogens is 2. The second-order valence-corrected chi connectivity index (χ2v) is 10.4. The van der Waals surface area contributed by atoms with Gasteiger partial charge in [-0.2, -0.15) is 0 Å². The van der Waals surface area contributed by atoms with Crippen LogP contribution in [0.3, 0.4) is 0 Å². The maximum atomic E-state index is 12.2. The third-order valence-corrected chi connectivity index (χ3v) is 6.59. The minimum absolute atomic E-state index is 0.483. The Labute approximate surface area is 196 Å². The molecule has 6 atom stereocenters. The average molecular weight is 547 g/mol. The number of aliphatic carboxylic acids is 2. The van der Waals surface area contributed by atoms with Crippen molar-refractivity contribution in [3.05, 3.63) is 33.1 Å². The smallest absolute Gasteiger partial charge is 0.403 e. The first-order valence-electron chi connectivity index (χ1n) is 9.43. The number of hydrogen-bond acceptors (Lipinski definition) is 10. The van der Waals surface area contributed by atoms with Crippen LogP contribution in [0.5, 0.6) is 0 Å². The highest BCUT2D eigenvalue weighted by Gasteiger charge is 2.48. The third-order valence-electron chi connectivity index (χ3n) is 4.67. The highest BCUT2D eigenvalue weighted by molar-refractivity contribution is 8.39. The molecule has 2 rings (SSSR count). The van der Waals surface area contributed by atoms with Gasteiger partial charge in [0.25, 0.3) is 5.56 Å². The Morgan fingerprint density at radius 1 is 1.35 bits per heavy atom. The van der Waals surface area contributed by atoms with Crippen LogP contribution in [0, 0.1) is 5.92 Å². The first kappa shape index (κ1) is 28.4. The second kappa shape index (κ2) is 12.2. The summed E-state index contributed by atoms with van der Waals surface area (Å²) in [6.07, 6.45) is -4.04. The van der Waals surface area contributed by atoms with E-state index in [-0.39, 0.29) is 0 Å². The molecule has 1 aromatic rings. The van der Waals surface area contributed by atoms with E-state index in [2.05, 4.69) is 12.2 Å². The Morgan fingerprint density at radius 3 is 2.53 bits per heavy atom. The highest BCUT2D eigenvalue weighted by Crippen LogP contribution is 2.43. The van der Waals surface area contributed by atoms with Crippen molar-refractivity contribution in [2.45, 2.75) is 31.0 Å². The Kier molecular flexibility index (Phi) is 10.2. The van der Waals surface area contributed by atoms with Crippen LogP contribution in [0.25, 0.3) is 0 Å². The number of carboxylic acid groups (broad SMARTS) is 2. The van der Waals surface area contributed by atoms with Gasteiger partial charge in [-0.3, -0.25) is 33.0 Å². The van der Waals surface area contributed by atoms with Gasteiger partial charge in [-0.05, 0) is 6.42 Å². The number of hydrogen-bond donors (Lipinski definition) is 6. The molecule has 192 valence electrons. The number of H-pyrrole nitrogens is 1. The number of methoxy groups -OCH3 is 1. The van der Waals surface area contributed by atoms with E-state index in [4.69, 9.17) is 28.7 Å². The molecule has 0 aliphatic carbocycles. The van der Waals surface area contributed by atoms with Crippen molar-refractivity contribution in [2.24, 2.45) is 5.92 Å². The predicted octanol–water partition coefficient (Wildman–Crippen LogP) is -0.964. The highest BCUT2D eigenvalue weighted by atomic mass is 32.7. The quantitative estimate of drug-likeness (QED) is 0.0992. The third kappa shape index (κ3) is 7.60. The molecule has 1 aliphatic rings. The Hall–Kier alpha value is -1.81. The zero-order valence-electron chi connectivity index (χ0n) is 17.4. The SMILES string of the molecule is CO[C@H]1C(O[PH](=O)S)C(COP(=O)(O)NCCC(C(=O)O)C(=O)O)O[C@H]1n1ccc(=O)[nH]c1=O. The van der Waals surface area contributed by atoms with E-state index in [1.807, 2.05) is 10.1 Å². The summed E-state index contributed by atoms with van der Waals surface area (Å²) >= 11 is 3.71. The summed E-state index contributed by atoms with van der Waals surface area (Å²) in [6.45, 7) is -1.13. The summed E-state index contributed by atoms with van der Waals surface area (Å²) in [5, 5.41) is 19.7. The van der Waals surface area contributed by atoms with Crippen LogP contribution in [-0.4, -0.2) is 75.2 Å². The normalized spacial score (nSPS) is 25.2. The predicted molar refractivity (Wildman–Crippen MR) is 116 cm³/mol. The molecule has 2 heterocycles. The van der Waals surface area contributed by atoms with E-state index in [1.54, 1.807) is 0 Å². The number of rotatable bonds is 13. The molecule has 34 heavy (non-hydrogen) atoms. The molecule has 19 heteroatoms. The van der Waals surface area contributed by atoms with Crippen LogP contribution >= 0.6 is 27.2 Å². The summed E-state index contributed by atoms with van der Waals surface area (Å²) in [7, 11) is -6.21. The minimum Gasteiger partial charge on any atom is -0.481 e. The molecule has 0 aromatic carbocycles. The van der Waals surface area contributed by atoms with Crippen LogP contribution in [-0.2, 0) is 37.2 Å².